The maximum Gasteiger partial charge on any atom is 0.274 e. The molecule has 1 aromatic carbocycles. The van der Waals surface area contributed by atoms with E-state index in [9.17, 15) is 4.79 Å². The van der Waals surface area contributed by atoms with Crippen molar-refractivity contribution in [3.05, 3.63) is 36.2 Å². The predicted molar refractivity (Wildman–Crippen MR) is 77.2 cm³/mol. The minimum atomic E-state index is -0.0531. The molecule has 1 amide bonds. The van der Waals surface area contributed by atoms with Crippen molar-refractivity contribution in [2.45, 2.75) is 31.8 Å². The van der Waals surface area contributed by atoms with Crippen LogP contribution in [0.4, 0.5) is 0 Å². The first-order valence-corrected chi connectivity index (χ1v) is 6.93. The van der Waals surface area contributed by atoms with Gasteiger partial charge in [-0.15, -0.1) is 0 Å². The number of amides is 1. The SMILES string of the molecule is CC1CC(N)CCN1C(=O)c1cnc2ccccc2n1. The Labute approximate surface area is 117 Å². The lowest BCUT2D eigenvalue weighted by Crippen LogP contribution is -2.48. The van der Waals surface area contributed by atoms with Crippen LogP contribution in [0.15, 0.2) is 30.5 Å². The van der Waals surface area contributed by atoms with Gasteiger partial charge in [-0.05, 0) is 31.9 Å². The fraction of sp³-hybridized carbons (Fsp3) is 0.400. The van der Waals surface area contributed by atoms with Gasteiger partial charge < -0.3 is 10.6 Å². The van der Waals surface area contributed by atoms with Gasteiger partial charge in [0, 0.05) is 18.6 Å². The Kier molecular flexibility index (Phi) is 3.36. The molecule has 0 bridgehead atoms. The summed E-state index contributed by atoms with van der Waals surface area (Å²) in [5, 5.41) is 0. The molecule has 104 valence electrons. The molecular weight excluding hydrogens is 252 g/mol. The standard InChI is InChI=1S/C15H18N4O/c1-10-8-11(16)6-7-19(10)15(20)14-9-17-12-4-2-3-5-13(12)18-14/h2-5,9-11H,6-8,16H2,1H3. The van der Waals surface area contributed by atoms with Crippen LogP contribution in [-0.4, -0.2) is 39.4 Å². The Hall–Kier alpha value is -2.01. The summed E-state index contributed by atoms with van der Waals surface area (Å²) in [6, 6.07) is 7.91. The lowest BCUT2D eigenvalue weighted by molar-refractivity contribution is 0.0613. The number of hydrogen-bond donors (Lipinski definition) is 1. The number of aromatic nitrogens is 2. The Balaban J connectivity index is 1.88. The summed E-state index contributed by atoms with van der Waals surface area (Å²) in [6.07, 6.45) is 3.25. The lowest BCUT2D eigenvalue weighted by atomic mass is 9.99. The maximum atomic E-state index is 12.5. The molecule has 0 spiro atoms. The van der Waals surface area contributed by atoms with Crippen molar-refractivity contribution in [3.8, 4) is 0 Å². The number of likely N-dealkylation sites (tertiary alicyclic amines) is 1. The monoisotopic (exact) mass is 270 g/mol. The van der Waals surface area contributed by atoms with Crippen LogP contribution in [0, 0.1) is 0 Å². The second-order valence-electron chi connectivity index (χ2n) is 5.38. The van der Waals surface area contributed by atoms with E-state index in [0.29, 0.717) is 12.2 Å². The first-order valence-electron chi connectivity index (χ1n) is 6.93. The van der Waals surface area contributed by atoms with Crippen molar-refractivity contribution >= 4 is 16.9 Å². The summed E-state index contributed by atoms with van der Waals surface area (Å²) in [7, 11) is 0. The largest absolute Gasteiger partial charge is 0.334 e. The second-order valence-corrected chi connectivity index (χ2v) is 5.38. The van der Waals surface area contributed by atoms with E-state index < -0.39 is 0 Å². The third kappa shape index (κ3) is 2.36. The first-order chi connectivity index (χ1) is 9.65. The van der Waals surface area contributed by atoms with E-state index in [1.54, 1.807) is 6.20 Å². The fourth-order valence-corrected chi connectivity index (χ4v) is 2.72. The topological polar surface area (TPSA) is 72.1 Å². The molecule has 2 N–H and O–H groups in total. The number of piperidine rings is 1. The van der Waals surface area contributed by atoms with Crippen molar-refractivity contribution < 1.29 is 4.79 Å². The van der Waals surface area contributed by atoms with Gasteiger partial charge in [0.15, 0.2) is 0 Å². The highest BCUT2D eigenvalue weighted by Crippen LogP contribution is 2.18. The number of nitrogens with two attached hydrogens (primary N) is 1. The van der Waals surface area contributed by atoms with Crippen molar-refractivity contribution in [2.24, 2.45) is 5.73 Å². The predicted octanol–water partition coefficient (Wildman–Crippen LogP) is 1.58. The van der Waals surface area contributed by atoms with E-state index in [0.717, 1.165) is 23.9 Å². The minimum absolute atomic E-state index is 0.0531. The van der Waals surface area contributed by atoms with Gasteiger partial charge in [-0.1, -0.05) is 12.1 Å². The molecule has 2 unspecified atom stereocenters. The van der Waals surface area contributed by atoms with Crippen LogP contribution in [-0.2, 0) is 0 Å². The molecule has 3 rings (SSSR count). The number of para-hydroxylation sites is 2. The van der Waals surface area contributed by atoms with Gasteiger partial charge in [0.05, 0.1) is 17.2 Å². The van der Waals surface area contributed by atoms with Crippen molar-refractivity contribution in [1.82, 2.24) is 14.9 Å². The molecule has 1 aromatic heterocycles. The van der Waals surface area contributed by atoms with E-state index >= 15 is 0 Å². The van der Waals surface area contributed by atoms with E-state index in [1.807, 2.05) is 36.1 Å². The third-order valence-corrected chi connectivity index (χ3v) is 3.85. The summed E-state index contributed by atoms with van der Waals surface area (Å²) in [5.74, 6) is -0.0531. The maximum absolute atomic E-state index is 12.5. The van der Waals surface area contributed by atoms with E-state index in [2.05, 4.69) is 9.97 Å². The van der Waals surface area contributed by atoms with Gasteiger partial charge >= 0.3 is 0 Å². The van der Waals surface area contributed by atoms with Crippen LogP contribution < -0.4 is 5.73 Å². The molecule has 0 aliphatic carbocycles. The van der Waals surface area contributed by atoms with Gasteiger partial charge in [0.2, 0.25) is 0 Å². The lowest BCUT2D eigenvalue weighted by Gasteiger charge is -2.36. The molecule has 2 aromatic rings. The molecule has 1 aliphatic heterocycles. The molecular formula is C15H18N4O. The van der Waals surface area contributed by atoms with Crippen LogP contribution in [0.2, 0.25) is 0 Å². The zero-order valence-electron chi connectivity index (χ0n) is 11.5. The minimum Gasteiger partial charge on any atom is -0.334 e. The highest BCUT2D eigenvalue weighted by Gasteiger charge is 2.28. The average Bonchev–Trinajstić information content (AvgIpc) is 2.46. The van der Waals surface area contributed by atoms with Crippen LogP contribution in [0.1, 0.15) is 30.3 Å². The second kappa shape index (κ2) is 5.17. The summed E-state index contributed by atoms with van der Waals surface area (Å²) in [5.41, 5.74) is 7.90. The smallest absolute Gasteiger partial charge is 0.274 e. The normalized spacial score (nSPS) is 23.0. The number of hydrogen-bond acceptors (Lipinski definition) is 4. The Bertz CT molecular complexity index is 643. The van der Waals surface area contributed by atoms with E-state index in [1.165, 1.54) is 0 Å². The highest BCUT2D eigenvalue weighted by atomic mass is 16.2. The fourth-order valence-electron chi connectivity index (χ4n) is 2.72. The number of nitrogens with zero attached hydrogens (tertiary/aromatic N) is 3. The molecule has 1 aliphatic rings. The summed E-state index contributed by atoms with van der Waals surface area (Å²) in [4.78, 5) is 23.1. The van der Waals surface area contributed by atoms with Gasteiger partial charge in [-0.25, -0.2) is 4.98 Å². The van der Waals surface area contributed by atoms with Crippen molar-refractivity contribution in [1.29, 1.82) is 0 Å². The van der Waals surface area contributed by atoms with Crippen molar-refractivity contribution in [3.63, 3.8) is 0 Å². The zero-order valence-corrected chi connectivity index (χ0v) is 11.5. The molecule has 1 fully saturated rings. The summed E-state index contributed by atoms with van der Waals surface area (Å²) < 4.78 is 0. The van der Waals surface area contributed by atoms with Gasteiger partial charge in [0.25, 0.3) is 5.91 Å². The first kappa shape index (κ1) is 13.0. The number of benzene rings is 1. The van der Waals surface area contributed by atoms with Crippen LogP contribution >= 0.6 is 0 Å². The van der Waals surface area contributed by atoms with E-state index in [4.69, 9.17) is 5.73 Å². The zero-order chi connectivity index (χ0) is 14.1. The Morgan fingerprint density at radius 3 is 2.85 bits per heavy atom. The third-order valence-electron chi connectivity index (χ3n) is 3.85. The molecule has 1 saturated heterocycles. The molecule has 20 heavy (non-hydrogen) atoms. The molecule has 5 heteroatoms. The average molecular weight is 270 g/mol. The van der Waals surface area contributed by atoms with Gasteiger partial charge in [-0.3, -0.25) is 9.78 Å². The molecule has 0 radical (unpaired) electrons. The molecule has 0 saturated carbocycles. The highest BCUT2D eigenvalue weighted by molar-refractivity contribution is 5.94. The molecule has 5 nitrogen and oxygen atoms in total. The van der Waals surface area contributed by atoms with E-state index in [-0.39, 0.29) is 18.0 Å². The number of carbonyl (C=O) groups is 1. The number of fused-ring (bicyclic) bond motifs is 1. The summed E-state index contributed by atoms with van der Waals surface area (Å²) in [6.45, 7) is 2.72. The molecule has 2 atom stereocenters. The molecule has 2 heterocycles. The van der Waals surface area contributed by atoms with Crippen LogP contribution in [0.25, 0.3) is 11.0 Å². The van der Waals surface area contributed by atoms with Gasteiger partial charge in [0.1, 0.15) is 5.69 Å². The van der Waals surface area contributed by atoms with Crippen LogP contribution in [0.3, 0.4) is 0 Å². The van der Waals surface area contributed by atoms with Gasteiger partial charge in [-0.2, -0.15) is 0 Å². The Morgan fingerprint density at radius 2 is 2.10 bits per heavy atom. The Morgan fingerprint density at radius 1 is 1.35 bits per heavy atom. The quantitative estimate of drug-likeness (QED) is 0.854. The number of rotatable bonds is 1. The van der Waals surface area contributed by atoms with Crippen molar-refractivity contribution in [2.75, 3.05) is 6.54 Å². The van der Waals surface area contributed by atoms with Crippen LogP contribution in [0.5, 0.6) is 0 Å². The number of carbonyl (C=O) groups excluding carboxylic acids is 1. The summed E-state index contributed by atoms with van der Waals surface area (Å²) >= 11 is 0.